The second kappa shape index (κ2) is 10.0. The second-order valence-electron chi connectivity index (χ2n) is 9.46. The molecular formula is C30H34P2. The van der Waals surface area contributed by atoms with Crippen molar-refractivity contribution in [3.05, 3.63) is 102 Å². The molecule has 0 radical (unpaired) electrons. The zero-order valence-corrected chi connectivity index (χ0v) is 21.1. The lowest BCUT2D eigenvalue weighted by Crippen LogP contribution is -2.27. The van der Waals surface area contributed by atoms with Crippen LogP contribution in [-0.2, 0) is 0 Å². The summed E-state index contributed by atoms with van der Waals surface area (Å²) < 4.78 is 0. The highest BCUT2D eigenvalue weighted by atomic mass is 31.1. The van der Waals surface area contributed by atoms with Gasteiger partial charge in [0.05, 0.1) is 0 Å². The largest absolute Gasteiger partial charge is 0.134 e. The van der Waals surface area contributed by atoms with Crippen LogP contribution in [-0.4, -0.2) is 5.66 Å². The summed E-state index contributed by atoms with van der Waals surface area (Å²) >= 11 is 0. The third-order valence-electron chi connectivity index (χ3n) is 7.38. The summed E-state index contributed by atoms with van der Waals surface area (Å²) in [7, 11) is 2.57. The maximum absolute atomic E-state index is 3.15. The van der Waals surface area contributed by atoms with Gasteiger partial charge in [-0.25, -0.2) is 0 Å². The van der Waals surface area contributed by atoms with Gasteiger partial charge in [0.2, 0.25) is 0 Å². The van der Waals surface area contributed by atoms with Crippen LogP contribution >= 0.6 is 17.2 Å². The molecule has 32 heavy (non-hydrogen) atoms. The SMILES string of the molecule is C[C@@H](P)[C@@H]1CC2=C(CCCCC2)[C@@H]1c1ccccc1P(c1ccccc1)c1ccccc1. The van der Waals surface area contributed by atoms with Gasteiger partial charge in [-0.15, -0.1) is 9.24 Å². The smallest absolute Gasteiger partial charge is 0.00944 e. The van der Waals surface area contributed by atoms with E-state index in [4.69, 9.17) is 0 Å². The van der Waals surface area contributed by atoms with Gasteiger partial charge in [-0.3, -0.25) is 0 Å². The number of hydrogen-bond donors (Lipinski definition) is 0. The summed E-state index contributed by atoms with van der Waals surface area (Å²) in [6.07, 6.45) is 8.06. The first kappa shape index (κ1) is 22.1. The number of rotatable bonds is 5. The lowest BCUT2D eigenvalue weighted by molar-refractivity contribution is 0.476. The lowest BCUT2D eigenvalue weighted by atomic mass is 9.81. The van der Waals surface area contributed by atoms with E-state index in [2.05, 4.69) is 101 Å². The van der Waals surface area contributed by atoms with Crippen molar-refractivity contribution in [2.45, 2.75) is 57.0 Å². The fourth-order valence-electron chi connectivity index (χ4n) is 5.88. The fraction of sp³-hybridized carbons (Fsp3) is 0.333. The van der Waals surface area contributed by atoms with E-state index in [9.17, 15) is 0 Å². The molecule has 5 rings (SSSR count). The minimum atomic E-state index is -0.582. The van der Waals surface area contributed by atoms with Crippen molar-refractivity contribution < 1.29 is 0 Å². The molecule has 0 aliphatic heterocycles. The molecule has 3 aromatic rings. The van der Waals surface area contributed by atoms with E-state index in [0.717, 1.165) is 0 Å². The first-order valence-corrected chi connectivity index (χ1v) is 14.2. The minimum Gasteiger partial charge on any atom is -0.134 e. The van der Waals surface area contributed by atoms with E-state index in [1.54, 1.807) is 22.0 Å². The van der Waals surface area contributed by atoms with E-state index in [-0.39, 0.29) is 0 Å². The Morgan fingerprint density at radius 1 is 0.750 bits per heavy atom. The van der Waals surface area contributed by atoms with Gasteiger partial charge in [-0.05, 0) is 73.1 Å². The van der Waals surface area contributed by atoms with E-state index in [0.29, 0.717) is 17.5 Å². The van der Waals surface area contributed by atoms with Crippen LogP contribution in [0, 0.1) is 5.92 Å². The highest BCUT2D eigenvalue weighted by Crippen LogP contribution is 2.52. The summed E-state index contributed by atoms with van der Waals surface area (Å²) in [5.41, 5.74) is 5.81. The third kappa shape index (κ3) is 4.38. The van der Waals surface area contributed by atoms with Gasteiger partial charge in [0.15, 0.2) is 0 Å². The maximum Gasteiger partial charge on any atom is 0.00944 e. The van der Waals surface area contributed by atoms with Crippen LogP contribution in [0.4, 0.5) is 0 Å². The standard InChI is InChI=1S/C30H34P2/c1-22(31)28-21-23-13-5-2-10-18-26(23)30(28)27-19-11-12-20-29(27)32(24-14-6-3-7-15-24)25-16-8-4-9-17-25/h3-4,6-9,11-12,14-17,19-20,22,28,30H,2,5,10,13,18,21,31H2,1H3/t22-,28+,30-/m1/s1. The second-order valence-corrected chi connectivity index (χ2v) is 12.7. The van der Waals surface area contributed by atoms with Crippen LogP contribution in [0.25, 0.3) is 0 Å². The number of allylic oxidation sites excluding steroid dienone is 2. The van der Waals surface area contributed by atoms with Crippen LogP contribution in [0.2, 0.25) is 0 Å². The molecule has 0 N–H and O–H groups in total. The topological polar surface area (TPSA) is 0 Å². The Labute approximate surface area is 197 Å². The molecule has 0 saturated heterocycles. The van der Waals surface area contributed by atoms with Gasteiger partial charge in [-0.1, -0.05) is 109 Å². The molecule has 3 aromatic carbocycles. The van der Waals surface area contributed by atoms with Crippen molar-refractivity contribution in [3.63, 3.8) is 0 Å². The Bertz CT molecular complexity index is 1030. The van der Waals surface area contributed by atoms with Crippen LogP contribution in [0.3, 0.4) is 0 Å². The molecule has 0 heterocycles. The van der Waals surface area contributed by atoms with Crippen LogP contribution in [0.5, 0.6) is 0 Å². The van der Waals surface area contributed by atoms with E-state index in [1.165, 1.54) is 49.1 Å². The highest BCUT2D eigenvalue weighted by molar-refractivity contribution is 7.79. The van der Waals surface area contributed by atoms with Gasteiger partial charge >= 0.3 is 0 Å². The van der Waals surface area contributed by atoms with Crippen molar-refractivity contribution in [3.8, 4) is 0 Å². The molecule has 164 valence electrons. The van der Waals surface area contributed by atoms with E-state index in [1.807, 2.05) is 0 Å². The number of benzene rings is 3. The van der Waals surface area contributed by atoms with Crippen molar-refractivity contribution in [1.29, 1.82) is 0 Å². The Kier molecular flexibility index (Phi) is 6.92. The fourth-order valence-corrected chi connectivity index (χ4v) is 8.74. The molecule has 0 amide bonds. The molecule has 0 bridgehead atoms. The lowest BCUT2D eigenvalue weighted by Gasteiger charge is -2.31. The van der Waals surface area contributed by atoms with Crippen molar-refractivity contribution in [2.75, 3.05) is 0 Å². The number of hydrogen-bond acceptors (Lipinski definition) is 0. The van der Waals surface area contributed by atoms with Crippen molar-refractivity contribution in [1.82, 2.24) is 0 Å². The summed E-state index contributed by atoms with van der Waals surface area (Å²) in [6, 6.07) is 31.8. The minimum absolute atomic E-state index is 0.573. The van der Waals surface area contributed by atoms with E-state index < -0.39 is 7.92 Å². The Balaban J connectivity index is 1.67. The summed E-state index contributed by atoms with van der Waals surface area (Å²) in [5.74, 6) is 1.27. The summed E-state index contributed by atoms with van der Waals surface area (Å²) in [5, 5.41) is 4.45. The van der Waals surface area contributed by atoms with Gasteiger partial charge in [0.1, 0.15) is 0 Å². The Morgan fingerprint density at radius 3 is 2.00 bits per heavy atom. The zero-order valence-electron chi connectivity index (χ0n) is 19.1. The van der Waals surface area contributed by atoms with Crippen LogP contribution in [0.15, 0.2) is 96.1 Å². The predicted octanol–water partition coefficient (Wildman–Crippen LogP) is 7.07. The molecule has 0 fully saturated rings. The molecule has 1 unspecified atom stereocenters. The average Bonchev–Trinajstić information content (AvgIpc) is 3.04. The summed E-state index contributed by atoms with van der Waals surface area (Å²) in [6.45, 7) is 2.41. The van der Waals surface area contributed by atoms with Gasteiger partial charge < -0.3 is 0 Å². The molecule has 2 aliphatic rings. The third-order valence-corrected chi connectivity index (χ3v) is 10.4. The average molecular weight is 457 g/mol. The van der Waals surface area contributed by atoms with Crippen LogP contribution in [0.1, 0.15) is 56.9 Å². The van der Waals surface area contributed by atoms with Gasteiger partial charge in [0, 0.05) is 5.92 Å². The molecule has 0 saturated carbocycles. The first-order chi connectivity index (χ1) is 15.7. The van der Waals surface area contributed by atoms with Crippen LogP contribution < -0.4 is 15.9 Å². The van der Waals surface area contributed by atoms with Gasteiger partial charge in [0.25, 0.3) is 0 Å². The Hall–Kier alpha value is -1.74. The normalized spacial score (nSPS) is 22.0. The first-order valence-electron chi connectivity index (χ1n) is 12.2. The molecule has 2 aliphatic carbocycles. The zero-order chi connectivity index (χ0) is 21.9. The van der Waals surface area contributed by atoms with E-state index >= 15 is 0 Å². The molecule has 0 nitrogen and oxygen atoms in total. The maximum atomic E-state index is 3.15. The highest BCUT2D eigenvalue weighted by Gasteiger charge is 2.39. The summed E-state index contributed by atoms with van der Waals surface area (Å²) in [4.78, 5) is 0. The quantitative estimate of drug-likeness (QED) is 0.284. The van der Waals surface area contributed by atoms with Gasteiger partial charge in [-0.2, -0.15) is 0 Å². The monoisotopic (exact) mass is 456 g/mol. The van der Waals surface area contributed by atoms with Crippen molar-refractivity contribution >= 4 is 33.1 Å². The Morgan fingerprint density at radius 2 is 1.34 bits per heavy atom. The van der Waals surface area contributed by atoms with Crippen molar-refractivity contribution in [2.24, 2.45) is 5.92 Å². The molecular weight excluding hydrogens is 422 g/mol. The predicted molar refractivity (Wildman–Crippen MR) is 145 cm³/mol. The molecule has 2 heteroatoms. The molecule has 0 aromatic heterocycles. The molecule has 0 spiro atoms. The molecule has 4 atom stereocenters.